The van der Waals surface area contributed by atoms with Gasteiger partial charge < -0.3 is 4.74 Å². The van der Waals surface area contributed by atoms with Gasteiger partial charge in [-0.3, -0.25) is 25.4 Å². The molecule has 2 N–H and O–H groups in total. The van der Waals surface area contributed by atoms with E-state index in [1.165, 1.54) is 31.5 Å². The van der Waals surface area contributed by atoms with Crippen molar-refractivity contribution in [1.29, 1.82) is 0 Å². The van der Waals surface area contributed by atoms with Gasteiger partial charge in [-0.15, -0.1) is 0 Å². The zero-order valence-corrected chi connectivity index (χ0v) is 9.10. The van der Waals surface area contributed by atoms with Crippen LogP contribution in [0, 0.1) is 0 Å². The molecule has 1 aromatic heterocycles. The average Bonchev–Trinajstić information content (AvgIpc) is 2.34. The quantitative estimate of drug-likeness (QED) is 0.540. The van der Waals surface area contributed by atoms with Crippen molar-refractivity contribution in [3.05, 3.63) is 30.1 Å². The first-order valence-corrected chi connectivity index (χ1v) is 4.72. The zero-order valence-electron chi connectivity index (χ0n) is 9.10. The van der Waals surface area contributed by atoms with E-state index in [0.717, 1.165) is 0 Å². The van der Waals surface area contributed by atoms with Crippen molar-refractivity contribution >= 4 is 17.8 Å². The van der Waals surface area contributed by atoms with Gasteiger partial charge in [0.1, 0.15) is 0 Å². The van der Waals surface area contributed by atoms with Crippen LogP contribution in [-0.2, 0) is 14.3 Å². The van der Waals surface area contributed by atoms with Gasteiger partial charge in [-0.25, -0.2) is 4.79 Å². The van der Waals surface area contributed by atoms with Crippen LogP contribution >= 0.6 is 0 Å². The Labute approximate surface area is 97.1 Å². The molecule has 7 nitrogen and oxygen atoms in total. The van der Waals surface area contributed by atoms with Gasteiger partial charge in [-0.05, 0) is 12.1 Å². The first kappa shape index (κ1) is 12.6. The molecule has 0 saturated heterocycles. The number of esters is 1. The molecule has 0 unspecified atom stereocenters. The van der Waals surface area contributed by atoms with Crippen molar-refractivity contribution < 1.29 is 19.1 Å². The summed E-state index contributed by atoms with van der Waals surface area (Å²) in [5.41, 5.74) is 4.43. The Bertz CT molecular complexity index is 419. The number of carbonyl (C=O) groups is 3. The summed E-state index contributed by atoms with van der Waals surface area (Å²) in [6, 6.07) is 2.93. The molecule has 0 aliphatic rings. The van der Waals surface area contributed by atoms with Crippen LogP contribution in [0.4, 0.5) is 0 Å². The average molecular weight is 237 g/mol. The SMILES string of the molecule is CC(=O)NNC(=O)COC(=O)c1ccncc1. The molecular formula is C10H11N3O4. The Kier molecular flexibility index (Phi) is 4.61. The van der Waals surface area contributed by atoms with E-state index in [-0.39, 0.29) is 0 Å². The van der Waals surface area contributed by atoms with Crippen molar-refractivity contribution in [3.8, 4) is 0 Å². The summed E-state index contributed by atoms with van der Waals surface area (Å²) in [5, 5.41) is 0. The first-order valence-electron chi connectivity index (χ1n) is 4.72. The molecule has 0 aromatic carbocycles. The number of carbonyl (C=O) groups excluding carboxylic acids is 3. The van der Waals surface area contributed by atoms with Crippen molar-refractivity contribution in [2.45, 2.75) is 6.92 Å². The van der Waals surface area contributed by atoms with E-state index < -0.39 is 24.4 Å². The third kappa shape index (κ3) is 4.74. The van der Waals surface area contributed by atoms with E-state index in [9.17, 15) is 14.4 Å². The summed E-state index contributed by atoms with van der Waals surface area (Å²) >= 11 is 0. The lowest BCUT2D eigenvalue weighted by molar-refractivity contribution is -0.129. The maximum absolute atomic E-state index is 11.4. The molecule has 0 fully saturated rings. The molecule has 0 radical (unpaired) electrons. The third-order valence-corrected chi connectivity index (χ3v) is 1.63. The van der Waals surface area contributed by atoms with Gasteiger partial charge in [0.15, 0.2) is 6.61 Å². The molecule has 7 heteroatoms. The normalized spacial score (nSPS) is 9.24. The van der Waals surface area contributed by atoms with Crippen molar-refractivity contribution in [1.82, 2.24) is 15.8 Å². The van der Waals surface area contributed by atoms with Gasteiger partial charge in [0.25, 0.3) is 5.91 Å². The van der Waals surface area contributed by atoms with Crippen molar-refractivity contribution in [3.63, 3.8) is 0 Å². The summed E-state index contributed by atoms with van der Waals surface area (Å²) in [5.74, 6) is -1.67. The van der Waals surface area contributed by atoms with E-state index in [4.69, 9.17) is 4.74 Å². The summed E-state index contributed by atoms with van der Waals surface area (Å²) in [6.45, 7) is 0.769. The van der Waals surface area contributed by atoms with Crippen LogP contribution in [0.25, 0.3) is 0 Å². The standard InChI is InChI=1S/C10H11N3O4/c1-7(14)12-13-9(15)6-17-10(16)8-2-4-11-5-3-8/h2-5H,6H2,1H3,(H,12,14)(H,13,15). The fraction of sp³-hybridized carbons (Fsp3) is 0.200. The van der Waals surface area contributed by atoms with Crippen LogP contribution in [-0.4, -0.2) is 29.4 Å². The second-order valence-electron chi connectivity index (χ2n) is 3.04. The van der Waals surface area contributed by atoms with Crippen LogP contribution in [0.2, 0.25) is 0 Å². The molecule has 0 spiro atoms. The van der Waals surface area contributed by atoms with Crippen molar-refractivity contribution in [2.75, 3.05) is 6.61 Å². The van der Waals surface area contributed by atoms with Crippen LogP contribution < -0.4 is 10.9 Å². The largest absolute Gasteiger partial charge is 0.452 e. The fourth-order valence-electron chi connectivity index (χ4n) is 0.896. The summed E-state index contributed by atoms with van der Waals surface area (Å²) < 4.78 is 4.69. The van der Waals surface area contributed by atoms with Gasteiger partial charge in [-0.2, -0.15) is 0 Å². The van der Waals surface area contributed by atoms with Gasteiger partial charge in [0.2, 0.25) is 5.91 Å². The summed E-state index contributed by atoms with van der Waals surface area (Å²) in [7, 11) is 0. The minimum Gasteiger partial charge on any atom is -0.452 e. The van der Waals surface area contributed by atoms with E-state index in [1.54, 1.807) is 0 Å². The Morgan fingerprint density at radius 2 is 1.88 bits per heavy atom. The number of ether oxygens (including phenoxy) is 1. The maximum atomic E-state index is 11.4. The van der Waals surface area contributed by atoms with Crippen LogP contribution in [0.3, 0.4) is 0 Å². The number of hydrogen-bond donors (Lipinski definition) is 2. The molecule has 0 bridgehead atoms. The predicted octanol–water partition coefficient (Wildman–Crippen LogP) is -0.594. The molecule has 1 rings (SSSR count). The molecule has 90 valence electrons. The first-order chi connectivity index (χ1) is 8.09. The number of nitrogens with one attached hydrogen (secondary N) is 2. The van der Waals surface area contributed by atoms with Gasteiger partial charge >= 0.3 is 5.97 Å². The number of hydrazine groups is 1. The van der Waals surface area contributed by atoms with E-state index in [0.29, 0.717) is 5.56 Å². The Hall–Kier alpha value is -2.44. The highest BCUT2D eigenvalue weighted by Gasteiger charge is 2.09. The summed E-state index contributed by atoms with van der Waals surface area (Å²) in [6.07, 6.45) is 2.88. The lowest BCUT2D eigenvalue weighted by Crippen LogP contribution is -2.42. The fourth-order valence-corrected chi connectivity index (χ4v) is 0.896. The molecule has 0 aliphatic carbocycles. The second-order valence-corrected chi connectivity index (χ2v) is 3.04. The topological polar surface area (TPSA) is 97.4 Å². The zero-order chi connectivity index (χ0) is 12.7. The molecule has 0 atom stereocenters. The van der Waals surface area contributed by atoms with Crippen LogP contribution in [0.5, 0.6) is 0 Å². The number of rotatable bonds is 3. The number of aromatic nitrogens is 1. The minimum absolute atomic E-state index is 0.298. The number of hydrogen-bond acceptors (Lipinski definition) is 5. The smallest absolute Gasteiger partial charge is 0.338 e. The molecule has 2 amide bonds. The predicted molar refractivity (Wildman–Crippen MR) is 56.5 cm³/mol. The lowest BCUT2D eigenvalue weighted by Gasteiger charge is -2.06. The molecule has 0 saturated carbocycles. The maximum Gasteiger partial charge on any atom is 0.338 e. The highest BCUT2D eigenvalue weighted by molar-refractivity contribution is 5.91. The lowest BCUT2D eigenvalue weighted by atomic mass is 10.3. The number of nitrogens with zero attached hydrogens (tertiary/aromatic N) is 1. The van der Waals surface area contributed by atoms with Gasteiger partial charge in [0, 0.05) is 19.3 Å². The Morgan fingerprint density at radius 3 is 2.47 bits per heavy atom. The molecule has 17 heavy (non-hydrogen) atoms. The van der Waals surface area contributed by atoms with E-state index in [1.807, 2.05) is 0 Å². The molecule has 1 aromatic rings. The highest BCUT2D eigenvalue weighted by Crippen LogP contribution is 1.98. The van der Waals surface area contributed by atoms with Crippen LogP contribution in [0.1, 0.15) is 17.3 Å². The highest BCUT2D eigenvalue weighted by atomic mass is 16.5. The second kappa shape index (κ2) is 6.21. The monoisotopic (exact) mass is 237 g/mol. The Morgan fingerprint density at radius 1 is 1.24 bits per heavy atom. The van der Waals surface area contributed by atoms with Crippen LogP contribution in [0.15, 0.2) is 24.5 Å². The van der Waals surface area contributed by atoms with E-state index in [2.05, 4.69) is 15.8 Å². The molecular weight excluding hydrogens is 226 g/mol. The molecule has 1 heterocycles. The van der Waals surface area contributed by atoms with Crippen molar-refractivity contribution in [2.24, 2.45) is 0 Å². The number of pyridine rings is 1. The van der Waals surface area contributed by atoms with Gasteiger partial charge in [-0.1, -0.05) is 0 Å². The van der Waals surface area contributed by atoms with Gasteiger partial charge in [0.05, 0.1) is 5.56 Å². The number of amides is 2. The third-order valence-electron chi connectivity index (χ3n) is 1.63. The summed E-state index contributed by atoms with van der Waals surface area (Å²) in [4.78, 5) is 36.6. The van der Waals surface area contributed by atoms with E-state index >= 15 is 0 Å². The Balaban J connectivity index is 2.34. The minimum atomic E-state index is -0.634. The molecule has 0 aliphatic heterocycles.